The third-order valence-electron chi connectivity index (χ3n) is 5.54. The number of nitrogen functional groups attached to an aromatic ring is 1. The Balaban J connectivity index is 1.75. The van der Waals surface area contributed by atoms with Gasteiger partial charge >= 0.3 is 0 Å². The lowest BCUT2D eigenvalue weighted by atomic mass is 9.86. The average molecular weight is 439 g/mol. The lowest BCUT2D eigenvalue weighted by Gasteiger charge is -2.20. The topological polar surface area (TPSA) is 82.4 Å². The summed E-state index contributed by atoms with van der Waals surface area (Å²) in [4.78, 5) is 3.21. The molecular weight excluding hydrogens is 417 g/mol. The number of nitrogens with one attached hydrogen (secondary N) is 1. The van der Waals surface area contributed by atoms with E-state index in [1.54, 1.807) is 7.11 Å². The van der Waals surface area contributed by atoms with E-state index < -0.39 is 5.82 Å². The van der Waals surface area contributed by atoms with Gasteiger partial charge in [-0.2, -0.15) is 5.26 Å². The number of nitrogens with two attached hydrogens (primary N) is 1. The van der Waals surface area contributed by atoms with Gasteiger partial charge in [0, 0.05) is 29.2 Å². The number of H-pyrrole nitrogens is 1. The number of fused-ring (bicyclic) bond motifs is 1. The lowest BCUT2D eigenvalue weighted by Crippen LogP contribution is -2.24. The van der Waals surface area contributed by atoms with Gasteiger partial charge in [0.2, 0.25) is 0 Å². The third kappa shape index (κ3) is 4.14. The fraction of sp³-hybridized carbons (Fsp3) is 0.250. The van der Waals surface area contributed by atoms with Crippen molar-refractivity contribution in [1.82, 2.24) is 0 Å². The first-order valence-electron chi connectivity index (χ1n) is 10.0. The summed E-state index contributed by atoms with van der Waals surface area (Å²) in [7, 11) is 1.59. The van der Waals surface area contributed by atoms with Gasteiger partial charge in [-0.25, -0.2) is 9.37 Å². The average Bonchev–Trinajstić information content (AvgIpc) is 2.78. The van der Waals surface area contributed by atoms with Crippen LogP contribution < -0.4 is 20.2 Å². The van der Waals surface area contributed by atoms with Crippen LogP contribution in [0.3, 0.4) is 0 Å². The fourth-order valence-corrected chi connectivity index (χ4v) is 4.21. The molecule has 0 bridgehead atoms. The Morgan fingerprint density at radius 3 is 2.74 bits per heavy atom. The second kappa shape index (κ2) is 8.83. The Labute approximate surface area is 185 Å². The Morgan fingerprint density at radius 1 is 1.19 bits per heavy atom. The number of aromatic nitrogens is 1. The van der Waals surface area contributed by atoms with Crippen LogP contribution in [0.5, 0.6) is 11.5 Å². The van der Waals surface area contributed by atoms with Gasteiger partial charge in [0.25, 0.3) is 5.82 Å². The minimum Gasteiger partial charge on any atom is -0.496 e. The van der Waals surface area contributed by atoms with Gasteiger partial charge < -0.3 is 9.47 Å². The smallest absolute Gasteiger partial charge is 0.289 e. The molecule has 1 aromatic heterocycles. The Kier molecular flexibility index (Phi) is 5.97. The highest BCUT2D eigenvalue weighted by Crippen LogP contribution is 2.36. The molecule has 1 heterocycles. The fourth-order valence-electron chi connectivity index (χ4n) is 4.04. The summed E-state index contributed by atoms with van der Waals surface area (Å²) in [6.45, 7) is 0.192. The van der Waals surface area contributed by atoms with E-state index in [0.717, 1.165) is 53.6 Å². The van der Waals surface area contributed by atoms with E-state index in [9.17, 15) is 9.65 Å². The molecule has 0 unspecified atom stereocenters. The van der Waals surface area contributed by atoms with Crippen LogP contribution in [0.15, 0.2) is 36.4 Å². The number of hydrogen-bond donors (Lipinski definition) is 1. The first-order chi connectivity index (χ1) is 15.0. The van der Waals surface area contributed by atoms with E-state index in [2.05, 4.69) is 11.1 Å². The van der Waals surface area contributed by atoms with Crippen LogP contribution in [0.25, 0.3) is 11.1 Å². The number of aryl methyl sites for hydroxylation is 1. The van der Waals surface area contributed by atoms with Gasteiger partial charge in [-0.3, -0.25) is 5.73 Å². The minimum atomic E-state index is -0.499. The van der Waals surface area contributed by atoms with Crippen molar-refractivity contribution in [2.45, 2.75) is 32.3 Å². The van der Waals surface area contributed by atoms with Crippen molar-refractivity contribution in [1.29, 1.82) is 5.26 Å². The maximum Gasteiger partial charge on any atom is 0.289 e. The molecule has 0 aliphatic heterocycles. The number of hydrogen-bond acceptors (Lipinski definition) is 4. The number of nitrogens with zero attached hydrogens (tertiary/aromatic N) is 1. The molecular formula is C24H22ClFN3O2+. The van der Waals surface area contributed by atoms with Crippen molar-refractivity contribution in [2.24, 2.45) is 0 Å². The van der Waals surface area contributed by atoms with Crippen molar-refractivity contribution < 1.29 is 18.8 Å². The van der Waals surface area contributed by atoms with Gasteiger partial charge in [0.05, 0.1) is 12.1 Å². The molecule has 0 spiro atoms. The molecule has 1 aliphatic rings. The minimum absolute atomic E-state index is 0.000448. The Bertz CT molecular complexity index is 1190. The summed E-state index contributed by atoms with van der Waals surface area (Å²) in [5, 5.41) is 9.79. The first-order valence-corrected chi connectivity index (χ1v) is 10.4. The zero-order chi connectivity index (χ0) is 22.0. The zero-order valence-corrected chi connectivity index (χ0v) is 17.9. The van der Waals surface area contributed by atoms with E-state index in [-0.39, 0.29) is 11.6 Å². The molecule has 0 atom stereocenters. The number of ether oxygens (including phenoxy) is 2. The second-order valence-electron chi connectivity index (χ2n) is 7.46. The second-order valence-corrected chi connectivity index (χ2v) is 7.86. The van der Waals surface area contributed by atoms with Gasteiger partial charge in [-0.15, -0.1) is 0 Å². The maximum atomic E-state index is 13.4. The van der Waals surface area contributed by atoms with Gasteiger partial charge in [0.1, 0.15) is 41.2 Å². The van der Waals surface area contributed by atoms with Crippen LogP contribution in [0.2, 0.25) is 5.02 Å². The molecule has 158 valence electrons. The van der Waals surface area contributed by atoms with Crippen molar-refractivity contribution in [3.8, 4) is 28.7 Å². The Hall–Kier alpha value is -3.30. The number of benzene rings is 2. The molecule has 0 amide bonds. The third-order valence-corrected chi connectivity index (χ3v) is 5.83. The van der Waals surface area contributed by atoms with Crippen LogP contribution in [0, 0.1) is 17.1 Å². The van der Waals surface area contributed by atoms with Crippen molar-refractivity contribution in [3.63, 3.8) is 0 Å². The van der Waals surface area contributed by atoms with E-state index in [0.29, 0.717) is 22.9 Å². The number of anilines is 1. The first kappa shape index (κ1) is 21.0. The SMILES string of the molecule is COc1ccc(-c2c(C#N)c(N)[nH+]c3c2CCCC3)cc1COc1ccc(F)c(Cl)c1. The number of pyridine rings is 1. The number of methoxy groups -OCH3 is 1. The van der Waals surface area contributed by atoms with Crippen LogP contribution in [-0.2, 0) is 19.4 Å². The van der Waals surface area contributed by atoms with Crippen LogP contribution in [0.1, 0.15) is 35.2 Å². The molecule has 3 N–H and O–H groups in total. The molecule has 0 saturated heterocycles. The normalized spacial score (nSPS) is 12.7. The molecule has 0 saturated carbocycles. The standard InChI is InChI=1S/C24H21ClFN3O2/c1-30-22-9-6-14(10-15(22)13-31-16-7-8-20(26)19(25)11-16)23-17-4-2-3-5-21(17)29-24(28)18(23)12-27/h6-11H,2-5,13H2,1H3,(H2,28,29)/p+1. The highest BCUT2D eigenvalue weighted by Gasteiger charge is 2.25. The van der Waals surface area contributed by atoms with E-state index in [1.807, 2.05) is 18.2 Å². The molecule has 0 radical (unpaired) electrons. The molecule has 0 fully saturated rings. The van der Waals surface area contributed by atoms with Crippen molar-refractivity contribution in [2.75, 3.05) is 12.8 Å². The summed E-state index contributed by atoms with van der Waals surface area (Å²) >= 11 is 5.85. The molecule has 5 nitrogen and oxygen atoms in total. The monoisotopic (exact) mass is 438 g/mol. The molecule has 2 aromatic carbocycles. The largest absolute Gasteiger partial charge is 0.496 e. The zero-order valence-electron chi connectivity index (χ0n) is 17.1. The molecule has 3 aromatic rings. The van der Waals surface area contributed by atoms with Crippen LogP contribution in [0.4, 0.5) is 10.2 Å². The van der Waals surface area contributed by atoms with Crippen LogP contribution in [-0.4, -0.2) is 7.11 Å². The number of aromatic amines is 1. The van der Waals surface area contributed by atoms with Gasteiger partial charge in [-0.1, -0.05) is 17.7 Å². The molecule has 1 aliphatic carbocycles. The summed E-state index contributed by atoms with van der Waals surface area (Å²) in [6, 6.07) is 12.2. The predicted molar refractivity (Wildman–Crippen MR) is 116 cm³/mol. The molecule has 31 heavy (non-hydrogen) atoms. The maximum absolute atomic E-state index is 13.4. The van der Waals surface area contributed by atoms with Crippen LogP contribution >= 0.6 is 11.6 Å². The van der Waals surface area contributed by atoms with Crippen molar-refractivity contribution in [3.05, 3.63) is 69.6 Å². The summed E-state index contributed by atoms with van der Waals surface area (Å²) in [6.07, 6.45) is 3.97. The predicted octanol–water partition coefficient (Wildman–Crippen LogP) is 4.88. The number of rotatable bonds is 5. The number of nitriles is 1. The van der Waals surface area contributed by atoms with E-state index in [4.69, 9.17) is 26.8 Å². The van der Waals surface area contributed by atoms with E-state index >= 15 is 0 Å². The van der Waals surface area contributed by atoms with E-state index in [1.165, 1.54) is 18.2 Å². The highest BCUT2D eigenvalue weighted by atomic mass is 35.5. The van der Waals surface area contributed by atoms with Gasteiger partial charge in [-0.05, 0) is 49.1 Å². The highest BCUT2D eigenvalue weighted by molar-refractivity contribution is 6.30. The molecule has 7 heteroatoms. The summed E-state index contributed by atoms with van der Waals surface area (Å²) < 4.78 is 24.7. The summed E-state index contributed by atoms with van der Waals surface area (Å²) in [5.74, 6) is 0.987. The quantitative estimate of drug-likeness (QED) is 0.615. The van der Waals surface area contributed by atoms with Crippen molar-refractivity contribution >= 4 is 17.4 Å². The Morgan fingerprint density at radius 2 is 2.00 bits per heavy atom. The van der Waals surface area contributed by atoms with Gasteiger partial charge in [0.15, 0.2) is 0 Å². The summed E-state index contributed by atoms with van der Waals surface area (Å²) in [5.41, 5.74) is 11.4. The lowest BCUT2D eigenvalue weighted by molar-refractivity contribution is -0.374. The number of halogens is 2. The molecule has 4 rings (SSSR count).